The van der Waals surface area contributed by atoms with Gasteiger partial charge < -0.3 is 5.32 Å². The lowest BCUT2D eigenvalue weighted by Crippen LogP contribution is -2.33. The molecule has 0 aromatic rings. The highest BCUT2D eigenvalue weighted by molar-refractivity contribution is 4.87. The molecule has 1 saturated carbocycles. The van der Waals surface area contributed by atoms with Crippen LogP contribution in [0, 0.1) is 17.3 Å². The van der Waals surface area contributed by atoms with Crippen molar-refractivity contribution in [2.75, 3.05) is 6.54 Å². The second kappa shape index (κ2) is 6.05. The molecule has 96 valence electrons. The molecule has 0 aromatic carbocycles. The topological polar surface area (TPSA) is 12.0 Å². The fourth-order valence-electron chi connectivity index (χ4n) is 2.89. The standard InChI is InChI=1S/C15H31N/c1-6-11-16-14-8-7-13(12(14)2)9-10-15(3,4)5/h12-14,16H,6-11H2,1-5H3. The van der Waals surface area contributed by atoms with Crippen molar-refractivity contribution in [3.8, 4) is 0 Å². The highest BCUT2D eigenvalue weighted by Gasteiger charge is 2.32. The number of rotatable bonds is 5. The van der Waals surface area contributed by atoms with Crippen LogP contribution in [0.15, 0.2) is 0 Å². The first kappa shape index (κ1) is 14.0. The van der Waals surface area contributed by atoms with Crippen molar-refractivity contribution in [2.45, 2.75) is 72.8 Å². The molecule has 1 fully saturated rings. The summed E-state index contributed by atoms with van der Waals surface area (Å²) in [4.78, 5) is 0. The van der Waals surface area contributed by atoms with Gasteiger partial charge in [0, 0.05) is 6.04 Å². The summed E-state index contributed by atoms with van der Waals surface area (Å²) in [6, 6.07) is 0.796. The molecule has 1 N–H and O–H groups in total. The maximum atomic E-state index is 3.71. The van der Waals surface area contributed by atoms with Crippen molar-refractivity contribution >= 4 is 0 Å². The monoisotopic (exact) mass is 225 g/mol. The zero-order valence-electron chi connectivity index (χ0n) is 12.0. The molecule has 1 rings (SSSR count). The summed E-state index contributed by atoms with van der Waals surface area (Å²) in [7, 11) is 0. The first-order valence-electron chi connectivity index (χ1n) is 7.17. The molecular weight excluding hydrogens is 194 g/mol. The molecule has 1 nitrogen and oxygen atoms in total. The fourth-order valence-corrected chi connectivity index (χ4v) is 2.89. The van der Waals surface area contributed by atoms with Crippen LogP contribution in [-0.2, 0) is 0 Å². The molecule has 0 spiro atoms. The van der Waals surface area contributed by atoms with Gasteiger partial charge in [0.2, 0.25) is 0 Å². The highest BCUT2D eigenvalue weighted by atomic mass is 14.9. The predicted octanol–water partition coefficient (Wildman–Crippen LogP) is 4.23. The third-order valence-electron chi connectivity index (χ3n) is 4.15. The maximum absolute atomic E-state index is 3.71. The van der Waals surface area contributed by atoms with Crippen LogP contribution >= 0.6 is 0 Å². The Kier molecular flexibility index (Phi) is 5.30. The molecule has 0 aromatic heterocycles. The van der Waals surface area contributed by atoms with Crippen molar-refractivity contribution in [2.24, 2.45) is 17.3 Å². The van der Waals surface area contributed by atoms with E-state index in [1.54, 1.807) is 0 Å². The van der Waals surface area contributed by atoms with E-state index in [2.05, 4.69) is 39.9 Å². The second-order valence-electron chi connectivity index (χ2n) is 6.86. The smallest absolute Gasteiger partial charge is 0.00954 e. The van der Waals surface area contributed by atoms with Gasteiger partial charge in [-0.2, -0.15) is 0 Å². The number of nitrogens with one attached hydrogen (secondary N) is 1. The van der Waals surface area contributed by atoms with E-state index in [0.717, 1.165) is 17.9 Å². The van der Waals surface area contributed by atoms with E-state index in [4.69, 9.17) is 0 Å². The molecule has 0 amide bonds. The van der Waals surface area contributed by atoms with E-state index in [-0.39, 0.29) is 0 Å². The van der Waals surface area contributed by atoms with Gasteiger partial charge in [0.05, 0.1) is 0 Å². The van der Waals surface area contributed by atoms with Crippen LogP contribution in [0.5, 0.6) is 0 Å². The van der Waals surface area contributed by atoms with Gasteiger partial charge in [-0.15, -0.1) is 0 Å². The third-order valence-corrected chi connectivity index (χ3v) is 4.15. The van der Waals surface area contributed by atoms with Crippen LogP contribution < -0.4 is 5.32 Å². The van der Waals surface area contributed by atoms with Crippen molar-refractivity contribution in [1.82, 2.24) is 5.32 Å². The molecule has 0 bridgehead atoms. The molecule has 1 aliphatic rings. The molecule has 0 radical (unpaired) electrons. The van der Waals surface area contributed by atoms with Gasteiger partial charge in [-0.25, -0.2) is 0 Å². The SMILES string of the molecule is CCCNC1CCC(CCC(C)(C)C)C1C. The summed E-state index contributed by atoms with van der Waals surface area (Å²) in [6.45, 7) is 13.0. The fraction of sp³-hybridized carbons (Fsp3) is 1.00. The zero-order chi connectivity index (χ0) is 12.2. The van der Waals surface area contributed by atoms with E-state index in [9.17, 15) is 0 Å². The van der Waals surface area contributed by atoms with E-state index in [1.807, 2.05) is 0 Å². The van der Waals surface area contributed by atoms with Gasteiger partial charge in [0.15, 0.2) is 0 Å². The van der Waals surface area contributed by atoms with Gasteiger partial charge in [-0.3, -0.25) is 0 Å². The first-order chi connectivity index (χ1) is 7.44. The van der Waals surface area contributed by atoms with Crippen molar-refractivity contribution in [3.63, 3.8) is 0 Å². The third kappa shape index (κ3) is 4.45. The van der Waals surface area contributed by atoms with Gasteiger partial charge in [0.25, 0.3) is 0 Å². The van der Waals surface area contributed by atoms with Crippen LogP contribution in [-0.4, -0.2) is 12.6 Å². The Hall–Kier alpha value is -0.0400. The summed E-state index contributed by atoms with van der Waals surface area (Å²) in [6.07, 6.45) is 6.90. The minimum Gasteiger partial charge on any atom is -0.314 e. The Morgan fingerprint density at radius 2 is 1.88 bits per heavy atom. The normalized spacial score (nSPS) is 30.9. The van der Waals surface area contributed by atoms with Gasteiger partial charge in [-0.1, -0.05) is 34.6 Å². The Labute approximate surface area is 102 Å². The predicted molar refractivity (Wildman–Crippen MR) is 72.7 cm³/mol. The number of hydrogen-bond donors (Lipinski definition) is 1. The molecule has 3 atom stereocenters. The molecule has 1 heteroatoms. The van der Waals surface area contributed by atoms with Gasteiger partial charge in [-0.05, 0) is 55.9 Å². The first-order valence-corrected chi connectivity index (χ1v) is 7.17. The minimum absolute atomic E-state index is 0.509. The lowest BCUT2D eigenvalue weighted by molar-refractivity contribution is 0.277. The minimum atomic E-state index is 0.509. The molecular formula is C15H31N. The van der Waals surface area contributed by atoms with E-state index >= 15 is 0 Å². The van der Waals surface area contributed by atoms with E-state index < -0.39 is 0 Å². The molecule has 0 saturated heterocycles. The van der Waals surface area contributed by atoms with Crippen LogP contribution in [0.25, 0.3) is 0 Å². The summed E-state index contributed by atoms with van der Waals surface area (Å²) in [5.74, 6) is 1.85. The Morgan fingerprint density at radius 3 is 2.44 bits per heavy atom. The maximum Gasteiger partial charge on any atom is 0.00954 e. The number of hydrogen-bond acceptors (Lipinski definition) is 1. The second-order valence-corrected chi connectivity index (χ2v) is 6.86. The average molecular weight is 225 g/mol. The van der Waals surface area contributed by atoms with E-state index in [0.29, 0.717) is 5.41 Å². The quantitative estimate of drug-likeness (QED) is 0.738. The summed E-state index contributed by atoms with van der Waals surface area (Å²) in [5.41, 5.74) is 0.509. The highest BCUT2D eigenvalue weighted by Crippen LogP contribution is 2.37. The Bertz CT molecular complexity index is 192. The van der Waals surface area contributed by atoms with Crippen molar-refractivity contribution in [3.05, 3.63) is 0 Å². The van der Waals surface area contributed by atoms with Crippen molar-refractivity contribution in [1.29, 1.82) is 0 Å². The van der Waals surface area contributed by atoms with Gasteiger partial charge in [0.1, 0.15) is 0 Å². The lowest BCUT2D eigenvalue weighted by atomic mass is 9.83. The Balaban J connectivity index is 2.30. The summed E-state index contributed by atoms with van der Waals surface area (Å²) in [5, 5.41) is 3.71. The zero-order valence-corrected chi connectivity index (χ0v) is 12.0. The average Bonchev–Trinajstić information content (AvgIpc) is 2.53. The van der Waals surface area contributed by atoms with Crippen molar-refractivity contribution < 1.29 is 0 Å². The van der Waals surface area contributed by atoms with Crippen LogP contribution in [0.4, 0.5) is 0 Å². The van der Waals surface area contributed by atoms with E-state index in [1.165, 1.54) is 38.6 Å². The molecule has 1 aliphatic carbocycles. The van der Waals surface area contributed by atoms with Crippen LogP contribution in [0.3, 0.4) is 0 Å². The lowest BCUT2D eigenvalue weighted by Gasteiger charge is -2.25. The van der Waals surface area contributed by atoms with Crippen LogP contribution in [0.2, 0.25) is 0 Å². The molecule has 3 unspecified atom stereocenters. The van der Waals surface area contributed by atoms with Gasteiger partial charge >= 0.3 is 0 Å². The molecule has 16 heavy (non-hydrogen) atoms. The van der Waals surface area contributed by atoms with Crippen LogP contribution in [0.1, 0.15) is 66.7 Å². The Morgan fingerprint density at radius 1 is 1.19 bits per heavy atom. The largest absolute Gasteiger partial charge is 0.314 e. The molecule has 0 heterocycles. The molecule has 0 aliphatic heterocycles. The summed E-state index contributed by atoms with van der Waals surface area (Å²) < 4.78 is 0. The summed E-state index contributed by atoms with van der Waals surface area (Å²) >= 11 is 0.